The summed E-state index contributed by atoms with van der Waals surface area (Å²) in [7, 11) is 0. The molecule has 0 heterocycles. The van der Waals surface area contributed by atoms with Gasteiger partial charge in [0.05, 0.1) is 5.56 Å². The van der Waals surface area contributed by atoms with E-state index < -0.39 is 17.9 Å². The first-order valence-electron chi connectivity index (χ1n) is 7.33. The second-order valence-corrected chi connectivity index (χ2v) is 5.40. The molecular weight excluding hydrogens is 273 g/mol. The maximum absolute atomic E-state index is 12.8. The van der Waals surface area contributed by atoms with Crippen molar-refractivity contribution in [3.63, 3.8) is 0 Å². The van der Waals surface area contributed by atoms with Crippen molar-refractivity contribution >= 4 is 11.9 Å². The summed E-state index contributed by atoms with van der Waals surface area (Å²) in [6.07, 6.45) is 4.55. The molecule has 1 amide bonds. The summed E-state index contributed by atoms with van der Waals surface area (Å²) < 4.78 is 17.9. The minimum absolute atomic E-state index is 0.179. The summed E-state index contributed by atoms with van der Waals surface area (Å²) >= 11 is 0. The Morgan fingerprint density at radius 2 is 1.81 bits per heavy atom. The summed E-state index contributed by atoms with van der Waals surface area (Å²) in [5, 5.41) is 2.91. The van der Waals surface area contributed by atoms with E-state index in [1.807, 2.05) is 0 Å². The maximum atomic E-state index is 12.8. The molecule has 5 heteroatoms. The van der Waals surface area contributed by atoms with Crippen molar-refractivity contribution < 1.29 is 18.7 Å². The standard InChI is InChI=1S/C16H20FNO3/c1-11(15(19)18-14-5-3-2-4-6-14)21-16(20)12-7-9-13(17)10-8-12/h7-11,14H,2-6H2,1H3,(H,18,19)/t11-/m0/s1. The molecule has 0 bridgehead atoms. The lowest BCUT2D eigenvalue weighted by Crippen LogP contribution is -2.42. The van der Waals surface area contributed by atoms with Gasteiger partial charge in [-0.15, -0.1) is 0 Å². The normalized spacial score (nSPS) is 17.0. The molecular formula is C16H20FNO3. The Hall–Kier alpha value is -1.91. The number of ether oxygens (including phenoxy) is 1. The van der Waals surface area contributed by atoms with E-state index in [0.717, 1.165) is 25.7 Å². The van der Waals surface area contributed by atoms with E-state index in [1.54, 1.807) is 6.92 Å². The number of hydrogen-bond acceptors (Lipinski definition) is 3. The predicted octanol–water partition coefficient (Wildman–Crippen LogP) is 2.82. The first-order chi connectivity index (χ1) is 10.1. The van der Waals surface area contributed by atoms with Gasteiger partial charge in [-0.2, -0.15) is 0 Å². The Balaban J connectivity index is 1.84. The monoisotopic (exact) mass is 293 g/mol. The highest BCUT2D eigenvalue weighted by molar-refractivity contribution is 5.92. The van der Waals surface area contributed by atoms with Gasteiger partial charge in [0, 0.05) is 6.04 Å². The Morgan fingerprint density at radius 1 is 1.19 bits per heavy atom. The number of esters is 1. The lowest BCUT2D eigenvalue weighted by atomic mass is 9.95. The summed E-state index contributed by atoms with van der Waals surface area (Å²) in [6, 6.07) is 5.22. The third-order valence-electron chi connectivity index (χ3n) is 3.68. The van der Waals surface area contributed by atoms with E-state index in [2.05, 4.69) is 5.32 Å². The first-order valence-corrected chi connectivity index (χ1v) is 7.33. The van der Waals surface area contributed by atoms with Crippen molar-refractivity contribution in [1.82, 2.24) is 5.32 Å². The number of rotatable bonds is 4. The molecule has 4 nitrogen and oxygen atoms in total. The average Bonchev–Trinajstić information content (AvgIpc) is 2.48. The molecule has 0 unspecified atom stereocenters. The second kappa shape index (κ2) is 7.20. The van der Waals surface area contributed by atoms with Crippen LogP contribution in [0.15, 0.2) is 24.3 Å². The topological polar surface area (TPSA) is 55.4 Å². The zero-order valence-corrected chi connectivity index (χ0v) is 12.1. The van der Waals surface area contributed by atoms with Crippen LogP contribution in [0.3, 0.4) is 0 Å². The van der Waals surface area contributed by atoms with Gasteiger partial charge >= 0.3 is 5.97 Å². The lowest BCUT2D eigenvalue weighted by Gasteiger charge is -2.24. The smallest absolute Gasteiger partial charge is 0.338 e. The fourth-order valence-electron chi connectivity index (χ4n) is 2.43. The predicted molar refractivity (Wildman–Crippen MR) is 76.3 cm³/mol. The Kier molecular flexibility index (Phi) is 5.31. The number of hydrogen-bond donors (Lipinski definition) is 1. The summed E-state index contributed by atoms with van der Waals surface area (Å²) in [4.78, 5) is 23.8. The van der Waals surface area contributed by atoms with Crippen LogP contribution in [-0.2, 0) is 9.53 Å². The van der Waals surface area contributed by atoms with E-state index in [1.165, 1.54) is 30.7 Å². The van der Waals surface area contributed by atoms with Crippen LogP contribution < -0.4 is 5.32 Å². The van der Waals surface area contributed by atoms with Crippen molar-refractivity contribution in [2.45, 2.75) is 51.2 Å². The van der Waals surface area contributed by atoms with Gasteiger partial charge in [-0.25, -0.2) is 9.18 Å². The average molecular weight is 293 g/mol. The fraction of sp³-hybridized carbons (Fsp3) is 0.500. The zero-order chi connectivity index (χ0) is 15.2. The van der Waals surface area contributed by atoms with Crippen LogP contribution in [0.4, 0.5) is 4.39 Å². The van der Waals surface area contributed by atoms with Gasteiger partial charge in [-0.3, -0.25) is 4.79 Å². The number of amides is 1. The Morgan fingerprint density at radius 3 is 2.43 bits per heavy atom. The van der Waals surface area contributed by atoms with Gasteiger partial charge < -0.3 is 10.1 Å². The van der Waals surface area contributed by atoms with Gasteiger partial charge in [0.2, 0.25) is 0 Å². The van der Waals surface area contributed by atoms with Crippen LogP contribution >= 0.6 is 0 Å². The molecule has 1 saturated carbocycles. The van der Waals surface area contributed by atoms with Gasteiger partial charge in [-0.05, 0) is 44.0 Å². The largest absolute Gasteiger partial charge is 0.449 e. The van der Waals surface area contributed by atoms with E-state index in [0.29, 0.717) is 0 Å². The van der Waals surface area contributed by atoms with Crippen LogP contribution in [0.5, 0.6) is 0 Å². The third kappa shape index (κ3) is 4.55. The zero-order valence-electron chi connectivity index (χ0n) is 12.1. The molecule has 1 aromatic rings. The number of carbonyl (C=O) groups is 2. The molecule has 1 atom stereocenters. The van der Waals surface area contributed by atoms with Crippen molar-refractivity contribution in [2.24, 2.45) is 0 Å². The Labute approximate surface area is 123 Å². The van der Waals surface area contributed by atoms with Gasteiger partial charge in [0.15, 0.2) is 6.10 Å². The molecule has 1 aliphatic rings. The molecule has 0 aromatic heterocycles. The van der Waals surface area contributed by atoms with E-state index in [-0.39, 0.29) is 17.5 Å². The van der Waals surface area contributed by atoms with E-state index in [9.17, 15) is 14.0 Å². The number of benzene rings is 1. The van der Waals surface area contributed by atoms with Gasteiger partial charge in [-0.1, -0.05) is 19.3 Å². The lowest BCUT2D eigenvalue weighted by molar-refractivity contribution is -0.130. The van der Waals surface area contributed by atoms with Crippen molar-refractivity contribution in [3.8, 4) is 0 Å². The highest BCUT2D eigenvalue weighted by Gasteiger charge is 2.22. The molecule has 1 aliphatic carbocycles. The molecule has 1 fully saturated rings. The molecule has 0 aliphatic heterocycles. The van der Waals surface area contributed by atoms with Gasteiger partial charge in [0.1, 0.15) is 5.82 Å². The summed E-state index contributed by atoms with van der Waals surface area (Å²) in [5.74, 6) is -1.33. The van der Waals surface area contributed by atoms with E-state index in [4.69, 9.17) is 4.74 Å². The maximum Gasteiger partial charge on any atom is 0.338 e. The highest BCUT2D eigenvalue weighted by atomic mass is 19.1. The third-order valence-corrected chi connectivity index (χ3v) is 3.68. The molecule has 21 heavy (non-hydrogen) atoms. The van der Waals surface area contributed by atoms with Crippen LogP contribution in [0.1, 0.15) is 49.4 Å². The van der Waals surface area contributed by atoms with Crippen LogP contribution in [0, 0.1) is 5.82 Å². The number of carbonyl (C=O) groups excluding carboxylic acids is 2. The van der Waals surface area contributed by atoms with Crippen LogP contribution in [0.2, 0.25) is 0 Å². The minimum Gasteiger partial charge on any atom is -0.449 e. The molecule has 0 spiro atoms. The van der Waals surface area contributed by atoms with Crippen molar-refractivity contribution in [3.05, 3.63) is 35.6 Å². The van der Waals surface area contributed by atoms with Crippen molar-refractivity contribution in [1.29, 1.82) is 0 Å². The van der Waals surface area contributed by atoms with E-state index >= 15 is 0 Å². The SMILES string of the molecule is C[C@H](OC(=O)c1ccc(F)cc1)C(=O)NC1CCCCC1. The van der Waals surface area contributed by atoms with Crippen LogP contribution in [-0.4, -0.2) is 24.0 Å². The Bertz CT molecular complexity index is 495. The molecule has 1 aromatic carbocycles. The first kappa shape index (κ1) is 15.5. The summed E-state index contributed by atoms with van der Waals surface area (Å²) in [6.45, 7) is 1.54. The number of nitrogens with one attached hydrogen (secondary N) is 1. The molecule has 2 rings (SSSR count). The molecule has 0 radical (unpaired) electrons. The van der Waals surface area contributed by atoms with Crippen molar-refractivity contribution in [2.75, 3.05) is 0 Å². The minimum atomic E-state index is -0.857. The van der Waals surface area contributed by atoms with Crippen LogP contribution in [0.25, 0.3) is 0 Å². The summed E-state index contributed by atoms with van der Waals surface area (Å²) in [5.41, 5.74) is 0.230. The quantitative estimate of drug-likeness (QED) is 0.868. The second-order valence-electron chi connectivity index (χ2n) is 5.40. The fourth-order valence-corrected chi connectivity index (χ4v) is 2.43. The molecule has 0 saturated heterocycles. The molecule has 1 N–H and O–H groups in total. The molecule has 114 valence electrons. The highest BCUT2D eigenvalue weighted by Crippen LogP contribution is 2.17. The van der Waals surface area contributed by atoms with Gasteiger partial charge in [0.25, 0.3) is 5.91 Å². The number of halogens is 1.